The zero-order valence-electron chi connectivity index (χ0n) is 11.4. The Kier molecular flexibility index (Phi) is 3.90. The smallest absolute Gasteiger partial charge is 0.318 e. The summed E-state index contributed by atoms with van der Waals surface area (Å²) in [6.07, 6.45) is 2.29. The first-order chi connectivity index (χ1) is 8.61. The Labute approximate surface area is 109 Å². The molecule has 18 heavy (non-hydrogen) atoms. The minimum Gasteiger partial charge on any atom is -0.329 e. The van der Waals surface area contributed by atoms with Gasteiger partial charge in [0.2, 0.25) is 0 Å². The van der Waals surface area contributed by atoms with E-state index in [9.17, 15) is 4.79 Å². The largest absolute Gasteiger partial charge is 0.329 e. The van der Waals surface area contributed by atoms with Crippen LogP contribution in [0, 0.1) is 0 Å². The normalized spacial score (nSPS) is 19.4. The van der Waals surface area contributed by atoms with Crippen LogP contribution in [0.3, 0.4) is 0 Å². The molecule has 0 radical (unpaired) electrons. The van der Waals surface area contributed by atoms with Gasteiger partial charge in [0, 0.05) is 12.6 Å². The molecule has 2 rings (SSSR count). The van der Waals surface area contributed by atoms with E-state index in [1.165, 1.54) is 17.5 Å². The van der Waals surface area contributed by atoms with E-state index in [0.717, 1.165) is 13.0 Å². The van der Waals surface area contributed by atoms with Crippen molar-refractivity contribution in [3.63, 3.8) is 0 Å². The second-order valence-electron chi connectivity index (χ2n) is 5.24. The van der Waals surface area contributed by atoms with Gasteiger partial charge in [-0.15, -0.1) is 0 Å². The summed E-state index contributed by atoms with van der Waals surface area (Å²) >= 11 is 0. The van der Waals surface area contributed by atoms with Gasteiger partial charge in [-0.2, -0.15) is 0 Å². The van der Waals surface area contributed by atoms with Crippen molar-refractivity contribution in [2.24, 2.45) is 0 Å². The summed E-state index contributed by atoms with van der Waals surface area (Å²) in [6.45, 7) is 7.05. The number of rotatable bonds is 4. The molecule has 1 saturated heterocycles. The fraction of sp³-hybridized carbons (Fsp3) is 0.533. The molecule has 0 bridgehead atoms. The summed E-state index contributed by atoms with van der Waals surface area (Å²) in [4.78, 5) is 13.7. The Morgan fingerprint density at radius 1 is 1.33 bits per heavy atom. The molecule has 98 valence electrons. The highest BCUT2D eigenvalue weighted by atomic mass is 16.2. The van der Waals surface area contributed by atoms with Crippen molar-refractivity contribution in [2.45, 2.75) is 45.7 Å². The van der Waals surface area contributed by atoms with Crippen molar-refractivity contribution in [2.75, 3.05) is 6.54 Å². The highest BCUT2D eigenvalue weighted by Crippen LogP contribution is 2.22. The van der Waals surface area contributed by atoms with Gasteiger partial charge in [0.05, 0.1) is 6.04 Å². The predicted molar refractivity (Wildman–Crippen MR) is 73.6 cm³/mol. The van der Waals surface area contributed by atoms with Gasteiger partial charge >= 0.3 is 6.03 Å². The molecule has 3 nitrogen and oxygen atoms in total. The van der Waals surface area contributed by atoms with E-state index in [0.29, 0.717) is 0 Å². The van der Waals surface area contributed by atoms with Crippen molar-refractivity contribution < 1.29 is 4.79 Å². The van der Waals surface area contributed by atoms with Gasteiger partial charge in [0.1, 0.15) is 0 Å². The third-order valence-electron chi connectivity index (χ3n) is 3.48. The SMILES string of the molecule is CCCc1ccc(C2CN(C(C)C)C(=O)N2)cc1. The lowest BCUT2D eigenvalue weighted by Crippen LogP contribution is -2.33. The Balaban J connectivity index is 2.07. The van der Waals surface area contributed by atoms with Crippen molar-refractivity contribution in [1.82, 2.24) is 10.2 Å². The second kappa shape index (κ2) is 5.42. The average Bonchev–Trinajstić information content (AvgIpc) is 2.73. The highest BCUT2D eigenvalue weighted by Gasteiger charge is 2.30. The lowest BCUT2D eigenvalue weighted by Gasteiger charge is -2.18. The zero-order valence-corrected chi connectivity index (χ0v) is 11.4. The summed E-state index contributed by atoms with van der Waals surface area (Å²) in [6, 6.07) is 9.06. The van der Waals surface area contributed by atoms with Crippen LogP contribution in [0.4, 0.5) is 4.79 Å². The van der Waals surface area contributed by atoms with Crippen molar-refractivity contribution in [3.05, 3.63) is 35.4 Å². The zero-order chi connectivity index (χ0) is 13.1. The minimum absolute atomic E-state index is 0.0487. The summed E-state index contributed by atoms with van der Waals surface area (Å²) in [5.74, 6) is 0. The van der Waals surface area contributed by atoms with E-state index in [1.807, 2.05) is 18.7 Å². The fourth-order valence-corrected chi connectivity index (χ4v) is 2.40. The quantitative estimate of drug-likeness (QED) is 0.869. The maximum Gasteiger partial charge on any atom is 0.318 e. The molecule has 0 spiro atoms. The number of hydrogen-bond acceptors (Lipinski definition) is 1. The van der Waals surface area contributed by atoms with Crippen molar-refractivity contribution in [1.29, 1.82) is 0 Å². The number of carbonyl (C=O) groups excluding carboxylic acids is 1. The maximum atomic E-state index is 11.8. The van der Waals surface area contributed by atoms with Crippen LogP contribution in [0.15, 0.2) is 24.3 Å². The maximum absolute atomic E-state index is 11.8. The van der Waals surface area contributed by atoms with Crippen LogP contribution in [-0.2, 0) is 6.42 Å². The molecule has 3 heteroatoms. The van der Waals surface area contributed by atoms with Crippen LogP contribution in [0.2, 0.25) is 0 Å². The van der Waals surface area contributed by atoms with Crippen LogP contribution in [0.25, 0.3) is 0 Å². The molecule has 1 aliphatic heterocycles. The van der Waals surface area contributed by atoms with Gasteiger partial charge in [0.15, 0.2) is 0 Å². The monoisotopic (exact) mass is 246 g/mol. The van der Waals surface area contributed by atoms with Gasteiger partial charge in [-0.05, 0) is 31.4 Å². The number of nitrogens with zero attached hydrogens (tertiary/aromatic N) is 1. The van der Waals surface area contributed by atoms with E-state index < -0.39 is 0 Å². The van der Waals surface area contributed by atoms with Gasteiger partial charge < -0.3 is 10.2 Å². The average molecular weight is 246 g/mol. The number of aryl methyl sites for hydroxylation is 1. The molecule has 2 amide bonds. The molecule has 1 aromatic rings. The number of nitrogens with one attached hydrogen (secondary N) is 1. The first-order valence-electron chi connectivity index (χ1n) is 6.77. The molecule has 1 N–H and O–H groups in total. The van der Waals surface area contributed by atoms with Crippen LogP contribution in [0.1, 0.15) is 44.4 Å². The molecule has 1 unspecified atom stereocenters. The Morgan fingerprint density at radius 2 is 2.00 bits per heavy atom. The minimum atomic E-state index is 0.0487. The number of carbonyl (C=O) groups is 1. The predicted octanol–water partition coefficient (Wildman–Crippen LogP) is 3.11. The molecule has 1 fully saturated rings. The van der Waals surface area contributed by atoms with E-state index in [4.69, 9.17) is 0 Å². The molecule has 0 aromatic heterocycles. The molecule has 0 aliphatic carbocycles. The number of urea groups is 1. The van der Waals surface area contributed by atoms with Crippen molar-refractivity contribution >= 4 is 6.03 Å². The number of benzene rings is 1. The van der Waals surface area contributed by atoms with Gasteiger partial charge in [0.25, 0.3) is 0 Å². The molecular formula is C15H22N2O. The van der Waals surface area contributed by atoms with E-state index in [-0.39, 0.29) is 18.1 Å². The van der Waals surface area contributed by atoms with Crippen LogP contribution in [-0.4, -0.2) is 23.5 Å². The van der Waals surface area contributed by atoms with Crippen LogP contribution < -0.4 is 5.32 Å². The summed E-state index contributed by atoms with van der Waals surface area (Å²) in [7, 11) is 0. The Hall–Kier alpha value is -1.51. The summed E-state index contributed by atoms with van der Waals surface area (Å²) < 4.78 is 0. The third-order valence-corrected chi connectivity index (χ3v) is 3.48. The van der Waals surface area contributed by atoms with E-state index >= 15 is 0 Å². The first kappa shape index (κ1) is 12.9. The number of hydrogen-bond donors (Lipinski definition) is 1. The number of amides is 2. The molecule has 1 aromatic carbocycles. The Morgan fingerprint density at radius 3 is 2.50 bits per heavy atom. The van der Waals surface area contributed by atoms with E-state index in [2.05, 4.69) is 36.5 Å². The lowest BCUT2D eigenvalue weighted by atomic mass is 10.0. The highest BCUT2D eigenvalue weighted by molar-refractivity contribution is 5.77. The summed E-state index contributed by atoms with van der Waals surface area (Å²) in [5.41, 5.74) is 2.57. The lowest BCUT2D eigenvalue weighted by molar-refractivity contribution is 0.206. The third kappa shape index (κ3) is 2.66. The van der Waals surface area contributed by atoms with Crippen LogP contribution >= 0.6 is 0 Å². The molecule has 1 atom stereocenters. The Bertz CT molecular complexity index is 411. The van der Waals surface area contributed by atoms with Gasteiger partial charge in [-0.3, -0.25) is 0 Å². The van der Waals surface area contributed by atoms with Gasteiger partial charge in [-0.1, -0.05) is 37.6 Å². The second-order valence-corrected chi connectivity index (χ2v) is 5.24. The molecular weight excluding hydrogens is 224 g/mol. The first-order valence-corrected chi connectivity index (χ1v) is 6.77. The molecule has 1 aliphatic rings. The van der Waals surface area contributed by atoms with Gasteiger partial charge in [-0.25, -0.2) is 4.79 Å². The molecule has 0 saturated carbocycles. The van der Waals surface area contributed by atoms with E-state index in [1.54, 1.807) is 0 Å². The standard InChI is InChI=1S/C15H22N2O/c1-4-5-12-6-8-13(9-7-12)14-10-17(11(2)3)15(18)16-14/h6-9,11,14H,4-5,10H2,1-3H3,(H,16,18). The van der Waals surface area contributed by atoms with Crippen molar-refractivity contribution in [3.8, 4) is 0 Å². The fourth-order valence-electron chi connectivity index (χ4n) is 2.40. The molecule has 1 heterocycles. The topological polar surface area (TPSA) is 32.3 Å². The van der Waals surface area contributed by atoms with Crippen LogP contribution in [0.5, 0.6) is 0 Å². The summed E-state index contributed by atoms with van der Waals surface area (Å²) in [5, 5.41) is 3.04.